The summed E-state index contributed by atoms with van der Waals surface area (Å²) in [7, 11) is 2.44. The van der Waals surface area contributed by atoms with E-state index < -0.39 is 23.0 Å². The highest BCUT2D eigenvalue weighted by molar-refractivity contribution is 7.21. The molecule has 2 N–H and O–H groups in total. The number of ether oxygens (including phenoxy) is 2. The van der Waals surface area contributed by atoms with E-state index in [2.05, 4.69) is 38.9 Å². The second-order valence-electron chi connectivity index (χ2n) is 9.80. The fraction of sp³-hybridized carbons (Fsp3) is 0.258. The van der Waals surface area contributed by atoms with Gasteiger partial charge in [-0.1, -0.05) is 13.5 Å². The monoisotopic (exact) mass is 607 g/mol. The number of fused-ring (bicyclic) bond motifs is 1. The Kier molecular flexibility index (Phi) is 8.88. The topological polar surface area (TPSA) is 96.0 Å². The van der Waals surface area contributed by atoms with E-state index in [4.69, 9.17) is 9.47 Å². The molecule has 1 fully saturated rings. The Bertz CT molecular complexity index is 1670. The molecule has 1 saturated heterocycles. The number of ketones is 1. The minimum Gasteiger partial charge on any atom is -0.494 e. The summed E-state index contributed by atoms with van der Waals surface area (Å²) in [6.45, 7) is 10.4. The largest absolute Gasteiger partial charge is 0.494 e. The first-order valence-electron chi connectivity index (χ1n) is 13.6. The van der Waals surface area contributed by atoms with Gasteiger partial charge in [0.25, 0.3) is 0 Å². The molecule has 0 atom stereocenters. The van der Waals surface area contributed by atoms with Gasteiger partial charge in [-0.3, -0.25) is 9.59 Å². The third-order valence-electron chi connectivity index (χ3n) is 7.32. The molecular formula is C31H31F2N5O4S. The SMILES string of the molecule is C=CC(=O)Nc1cc(N2CCN(CC)CC2)ccc1Nc1cc2sc(C(=O)c3c(F)c(OC)cc(OC)c3F)cc2cn1. The van der Waals surface area contributed by atoms with Crippen molar-refractivity contribution in [2.24, 2.45) is 0 Å². The molecule has 2 aromatic heterocycles. The summed E-state index contributed by atoms with van der Waals surface area (Å²) in [6, 6.07) is 10.1. The lowest BCUT2D eigenvalue weighted by molar-refractivity contribution is -0.111. The van der Waals surface area contributed by atoms with Crippen LogP contribution in [0.5, 0.6) is 11.5 Å². The van der Waals surface area contributed by atoms with Crippen LogP contribution in [0.2, 0.25) is 0 Å². The minimum atomic E-state index is -1.10. The van der Waals surface area contributed by atoms with E-state index in [0.29, 0.717) is 27.3 Å². The number of halogens is 2. The van der Waals surface area contributed by atoms with Crippen molar-refractivity contribution in [3.05, 3.63) is 77.3 Å². The maximum atomic E-state index is 15.0. The van der Waals surface area contributed by atoms with E-state index in [9.17, 15) is 18.4 Å². The van der Waals surface area contributed by atoms with Crippen LogP contribution < -0.4 is 25.0 Å². The molecular weight excluding hydrogens is 576 g/mol. The molecule has 43 heavy (non-hydrogen) atoms. The first-order chi connectivity index (χ1) is 20.8. The number of amides is 1. The number of hydrogen-bond donors (Lipinski definition) is 2. The van der Waals surface area contributed by atoms with Crippen LogP contribution >= 0.6 is 11.3 Å². The van der Waals surface area contributed by atoms with Gasteiger partial charge < -0.3 is 29.9 Å². The van der Waals surface area contributed by atoms with Crippen LogP contribution in [0, 0.1) is 11.6 Å². The number of carbonyl (C=O) groups excluding carboxylic acids is 2. The van der Waals surface area contributed by atoms with Crippen molar-refractivity contribution in [1.82, 2.24) is 9.88 Å². The summed E-state index contributed by atoms with van der Waals surface area (Å²) in [5.41, 5.74) is 1.40. The third-order valence-corrected chi connectivity index (χ3v) is 8.42. The Morgan fingerprint density at radius 1 is 1.02 bits per heavy atom. The zero-order valence-corrected chi connectivity index (χ0v) is 24.8. The van der Waals surface area contributed by atoms with Crippen molar-refractivity contribution in [3.63, 3.8) is 0 Å². The van der Waals surface area contributed by atoms with Crippen LogP contribution in [-0.4, -0.2) is 68.5 Å². The summed E-state index contributed by atoms with van der Waals surface area (Å²) in [4.78, 5) is 34.8. The van der Waals surface area contributed by atoms with Crippen LogP contribution in [0.3, 0.4) is 0 Å². The van der Waals surface area contributed by atoms with Crippen molar-refractivity contribution < 1.29 is 27.8 Å². The van der Waals surface area contributed by atoms with Crippen molar-refractivity contribution in [2.45, 2.75) is 6.92 Å². The Balaban J connectivity index is 1.43. The number of piperazine rings is 1. The van der Waals surface area contributed by atoms with Crippen molar-refractivity contribution in [2.75, 3.05) is 62.5 Å². The van der Waals surface area contributed by atoms with Crippen molar-refractivity contribution in [3.8, 4) is 11.5 Å². The second-order valence-corrected chi connectivity index (χ2v) is 10.9. The molecule has 4 aromatic rings. The van der Waals surface area contributed by atoms with Gasteiger partial charge in [0.15, 0.2) is 23.1 Å². The summed E-state index contributed by atoms with van der Waals surface area (Å²) in [5, 5.41) is 6.73. The molecule has 3 heterocycles. The van der Waals surface area contributed by atoms with Crippen LogP contribution in [0.4, 0.5) is 31.7 Å². The third kappa shape index (κ3) is 6.15. The molecule has 5 rings (SSSR count). The fourth-order valence-corrected chi connectivity index (χ4v) is 5.92. The predicted octanol–water partition coefficient (Wildman–Crippen LogP) is 5.83. The van der Waals surface area contributed by atoms with Gasteiger partial charge in [0.2, 0.25) is 11.7 Å². The lowest BCUT2D eigenvalue weighted by atomic mass is 10.1. The second kappa shape index (κ2) is 12.8. The Morgan fingerprint density at radius 2 is 1.72 bits per heavy atom. The average molecular weight is 608 g/mol. The number of nitrogens with one attached hydrogen (secondary N) is 2. The van der Waals surface area contributed by atoms with Gasteiger partial charge in [-0.2, -0.15) is 0 Å². The van der Waals surface area contributed by atoms with E-state index >= 15 is 0 Å². The van der Waals surface area contributed by atoms with Crippen molar-refractivity contribution >= 4 is 56.0 Å². The molecule has 0 saturated carbocycles. The predicted molar refractivity (Wildman–Crippen MR) is 165 cm³/mol. The fourth-order valence-electron chi connectivity index (χ4n) is 4.91. The molecule has 0 radical (unpaired) electrons. The van der Waals surface area contributed by atoms with Crippen LogP contribution in [-0.2, 0) is 4.79 Å². The highest BCUT2D eigenvalue weighted by Crippen LogP contribution is 2.36. The number of hydrogen-bond acceptors (Lipinski definition) is 9. The Hall–Kier alpha value is -4.55. The first-order valence-corrected chi connectivity index (χ1v) is 14.4. The lowest BCUT2D eigenvalue weighted by Crippen LogP contribution is -2.46. The van der Waals surface area contributed by atoms with E-state index in [1.807, 2.05) is 18.2 Å². The van der Waals surface area contributed by atoms with Gasteiger partial charge in [0.1, 0.15) is 11.4 Å². The Labute approximate surface area is 251 Å². The number of likely N-dealkylation sites (N-methyl/N-ethyl adjacent to an activating group) is 1. The van der Waals surface area contributed by atoms with Gasteiger partial charge in [-0.25, -0.2) is 13.8 Å². The van der Waals surface area contributed by atoms with Gasteiger partial charge >= 0.3 is 0 Å². The highest BCUT2D eigenvalue weighted by atomic mass is 32.1. The molecule has 0 spiro atoms. The standard InChI is InChI=1S/C31H31F2N5O4S/c1-5-27(39)36-21-14-19(38-11-9-37(6-2)10-12-38)7-8-20(21)35-26-16-24-18(17-34-26)13-25(43-24)31(40)28-29(32)22(41-3)15-23(42-4)30(28)33/h5,7-8,13-17H,1,6,9-12H2,2-4H3,(H,34,35)(H,36,39). The van der Waals surface area contributed by atoms with Crippen LogP contribution in [0.15, 0.2) is 55.3 Å². The number of pyridine rings is 1. The highest BCUT2D eigenvalue weighted by Gasteiger charge is 2.27. The molecule has 1 aliphatic rings. The Morgan fingerprint density at radius 3 is 2.35 bits per heavy atom. The first kappa shape index (κ1) is 29.9. The minimum absolute atomic E-state index is 0.119. The van der Waals surface area contributed by atoms with Gasteiger partial charge in [0.05, 0.1) is 30.5 Å². The molecule has 9 nitrogen and oxygen atoms in total. The number of rotatable bonds is 10. The molecule has 224 valence electrons. The number of benzene rings is 2. The van der Waals surface area contributed by atoms with Crippen LogP contribution in [0.1, 0.15) is 22.2 Å². The molecule has 12 heteroatoms. The van der Waals surface area contributed by atoms with E-state index in [0.717, 1.165) is 55.8 Å². The van der Waals surface area contributed by atoms with Crippen LogP contribution in [0.25, 0.3) is 10.1 Å². The van der Waals surface area contributed by atoms with Gasteiger partial charge in [0, 0.05) is 54.2 Å². The zero-order chi connectivity index (χ0) is 30.7. The van der Waals surface area contributed by atoms with Gasteiger partial charge in [-0.05, 0) is 43.0 Å². The molecule has 0 aliphatic carbocycles. The summed E-state index contributed by atoms with van der Waals surface area (Å²) in [5.74, 6) is -3.55. The van der Waals surface area contributed by atoms with E-state index in [-0.39, 0.29) is 22.3 Å². The molecule has 2 aromatic carbocycles. The zero-order valence-electron chi connectivity index (χ0n) is 24.0. The van der Waals surface area contributed by atoms with Crippen molar-refractivity contribution in [1.29, 1.82) is 0 Å². The molecule has 1 aliphatic heterocycles. The number of methoxy groups -OCH3 is 2. The smallest absolute Gasteiger partial charge is 0.247 e. The van der Waals surface area contributed by atoms with E-state index in [1.54, 1.807) is 12.3 Å². The molecule has 1 amide bonds. The number of carbonyl (C=O) groups is 2. The normalized spacial score (nSPS) is 13.6. The maximum Gasteiger partial charge on any atom is 0.247 e. The number of aromatic nitrogens is 1. The quantitative estimate of drug-likeness (QED) is 0.172. The summed E-state index contributed by atoms with van der Waals surface area (Å²) in [6.07, 6.45) is 2.77. The van der Waals surface area contributed by atoms with Gasteiger partial charge in [-0.15, -0.1) is 11.3 Å². The molecule has 0 unspecified atom stereocenters. The summed E-state index contributed by atoms with van der Waals surface area (Å²) < 4.78 is 40.6. The van der Waals surface area contributed by atoms with E-state index in [1.165, 1.54) is 26.4 Å². The maximum absolute atomic E-state index is 15.0. The summed E-state index contributed by atoms with van der Waals surface area (Å²) >= 11 is 1.07. The number of nitrogens with zero attached hydrogens (tertiary/aromatic N) is 3. The lowest BCUT2D eigenvalue weighted by Gasteiger charge is -2.35. The number of thiophene rings is 1. The number of anilines is 4. The average Bonchev–Trinajstić information content (AvgIpc) is 3.45. The molecule has 0 bridgehead atoms.